The van der Waals surface area contributed by atoms with Gasteiger partial charge in [-0.25, -0.2) is 9.97 Å². The van der Waals surface area contributed by atoms with Gasteiger partial charge in [-0.1, -0.05) is 6.07 Å². The number of nitrogen functional groups attached to an aromatic ring is 1. The summed E-state index contributed by atoms with van der Waals surface area (Å²) in [7, 11) is 0. The van der Waals surface area contributed by atoms with Gasteiger partial charge in [-0.05, 0) is 55.0 Å². The molecule has 4 aromatic rings. The molecule has 0 aliphatic heterocycles. The summed E-state index contributed by atoms with van der Waals surface area (Å²) in [5.41, 5.74) is 10.1. The van der Waals surface area contributed by atoms with Crippen molar-refractivity contribution in [2.75, 3.05) is 5.73 Å². The molecule has 0 spiro atoms. The Morgan fingerprint density at radius 3 is 2.96 bits per heavy atom. The van der Waals surface area contributed by atoms with Gasteiger partial charge in [0.15, 0.2) is 5.65 Å². The first-order valence-electron chi connectivity index (χ1n) is 9.63. The Morgan fingerprint density at radius 2 is 2.18 bits per heavy atom. The summed E-state index contributed by atoms with van der Waals surface area (Å²) >= 11 is 0. The number of nitrogens with zero attached hydrogens (tertiary/aromatic N) is 4. The minimum Gasteiger partial charge on any atom is -0.369 e. The molecule has 28 heavy (non-hydrogen) atoms. The van der Waals surface area contributed by atoms with Crippen LogP contribution in [0.15, 0.2) is 42.7 Å². The van der Waals surface area contributed by atoms with E-state index in [2.05, 4.69) is 39.2 Å². The van der Waals surface area contributed by atoms with Crippen LogP contribution in [0, 0.1) is 0 Å². The molecular weight excluding hydrogens is 352 g/mol. The van der Waals surface area contributed by atoms with Crippen LogP contribution in [0.1, 0.15) is 35.7 Å². The predicted molar refractivity (Wildman–Crippen MR) is 109 cm³/mol. The Morgan fingerprint density at radius 1 is 1.32 bits per heavy atom. The zero-order valence-electron chi connectivity index (χ0n) is 15.7. The number of benzene rings is 1. The Bertz CT molecular complexity index is 1190. The number of hydrogen-bond acceptors (Lipinski definition) is 4. The molecule has 3 N–H and O–H groups in total. The monoisotopic (exact) mass is 374 g/mol. The largest absolute Gasteiger partial charge is 0.369 e. The van der Waals surface area contributed by atoms with E-state index in [-0.39, 0.29) is 5.91 Å². The molecule has 7 nitrogen and oxygen atoms in total. The lowest BCUT2D eigenvalue weighted by Gasteiger charge is -2.22. The summed E-state index contributed by atoms with van der Waals surface area (Å²) < 4.78 is 1.84. The molecule has 0 bridgehead atoms. The molecule has 0 radical (unpaired) electrons. The third-order valence-electron chi connectivity index (χ3n) is 5.40. The van der Waals surface area contributed by atoms with E-state index in [1.54, 1.807) is 12.3 Å². The van der Waals surface area contributed by atoms with E-state index < -0.39 is 0 Å². The number of aryl methyl sites for hydroxylation is 1. The van der Waals surface area contributed by atoms with Crippen molar-refractivity contribution in [1.82, 2.24) is 24.4 Å². The molecular formula is C21H22N6O. The van der Waals surface area contributed by atoms with Crippen molar-refractivity contribution >= 4 is 33.9 Å². The number of nitrogens with two attached hydrogens (primary N) is 1. The van der Waals surface area contributed by atoms with Gasteiger partial charge in [0.05, 0.1) is 5.56 Å². The summed E-state index contributed by atoms with van der Waals surface area (Å²) in [6.07, 6.45) is 5.67. The van der Waals surface area contributed by atoms with Crippen LogP contribution in [-0.2, 0) is 13.1 Å². The number of fused-ring (bicyclic) bond motifs is 2. The van der Waals surface area contributed by atoms with Gasteiger partial charge >= 0.3 is 0 Å². The quantitative estimate of drug-likeness (QED) is 0.560. The molecule has 7 heteroatoms. The van der Waals surface area contributed by atoms with E-state index in [1.807, 2.05) is 22.6 Å². The first kappa shape index (κ1) is 16.8. The lowest BCUT2D eigenvalue weighted by atomic mass is 10.1. The zero-order chi connectivity index (χ0) is 19.3. The number of imidazole rings is 1. The van der Waals surface area contributed by atoms with E-state index in [9.17, 15) is 4.79 Å². The Labute approximate surface area is 162 Å². The van der Waals surface area contributed by atoms with Gasteiger partial charge in [-0.2, -0.15) is 0 Å². The standard InChI is InChI=1S/C21H22N6O/c1-2-26-19-18(25-21(26)22)10-15(11-24-19)20(28)27(16-4-5-16)12-13-3-6-17-14(9-13)7-8-23-17/h3,6-11,16,23H,2,4-5,12H2,1H3,(H2,22,25). The van der Waals surface area contributed by atoms with Gasteiger partial charge in [0.1, 0.15) is 5.52 Å². The van der Waals surface area contributed by atoms with E-state index in [1.165, 1.54) is 0 Å². The van der Waals surface area contributed by atoms with Crippen LogP contribution >= 0.6 is 0 Å². The van der Waals surface area contributed by atoms with Gasteiger partial charge in [-0.15, -0.1) is 0 Å². The Kier molecular flexibility index (Phi) is 3.82. The maximum atomic E-state index is 13.3. The maximum Gasteiger partial charge on any atom is 0.256 e. The van der Waals surface area contributed by atoms with E-state index in [0.29, 0.717) is 41.8 Å². The van der Waals surface area contributed by atoms with Crippen molar-refractivity contribution in [3.63, 3.8) is 0 Å². The fraction of sp³-hybridized carbons (Fsp3) is 0.286. The zero-order valence-corrected chi connectivity index (χ0v) is 15.7. The molecule has 3 heterocycles. The predicted octanol–water partition coefficient (Wildman–Crippen LogP) is 3.32. The van der Waals surface area contributed by atoms with E-state index >= 15 is 0 Å². The normalized spacial score (nSPS) is 14.0. The molecule has 1 saturated carbocycles. The summed E-state index contributed by atoms with van der Waals surface area (Å²) in [6.45, 7) is 3.28. The molecule has 1 amide bonds. The van der Waals surface area contributed by atoms with Crippen molar-refractivity contribution in [2.24, 2.45) is 0 Å². The lowest BCUT2D eigenvalue weighted by molar-refractivity contribution is 0.0729. The van der Waals surface area contributed by atoms with Crippen LogP contribution < -0.4 is 5.73 Å². The molecule has 0 saturated heterocycles. The third kappa shape index (κ3) is 2.79. The van der Waals surface area contributed by atoms with Gasteiger partial charge in [0, 0.05) is 37.0 Å². The fourth-order valence-electron chi connectivity index (χ4n) is 3.77. The number of amides is 1. The molecule has 142 valence electrons. The first-order chi connectivity index (χ1) is 13.6. The molecule has 0 atom stereocenters. The van der Waals surface area contributed by atoms with Crippen molar-refractivity contribution in [3.05, 3.63) is 53.9 Å². The van der Waals surface area contributed by atoms with Gasteiger partial charge in [-0.3, -0.25) is 9.36 Å². The van der Waals surface area contributed by atoms with Crippen LogP contribution in [0.25, 0.3) is 22.1 Å². The second kappa shape index (κ2) is 6.37. The fourth-order valence-corrected chi connectivity index (χ4v) is 3.77. The van der Waals surface area contributed by atoms with Crippen LogP contribution in [0.2, 0.25) is 0 Å². The minimum absolute atomic E-state index is 0.00399. The number of rotatable bonds is 5. The highest BCUT2D eigenvalue weighted by atomic mass is 16.2. The highest BCUT2D eigenvalue weighted by Crippen LogP contribution is 2.31. The van der Waals surface area contributed by atoms with E-state index in [4.69, 9.17) is 5.73 Å². The highest BCUT2D eigenvalue weighted by molar-refractivity contribution is 5.97. The summed E-state index contributed by atoms with van der Waals surface area (Å²) in [6, 6.07) is 10.4. The summed E-state index contributed by atoms with van der Waals surface area (Å²) in [5.74, 6) is 0.420. The van der Waals surface area contributed by atoms with Crippen LogP contribution in [0.3, 0.4) is 0 Å². The number of aromatic amines is 1. The summed E-state index contributed by atoms with van der Waals surface area (Å²) in [5, 5.41) is 1.16. The molecule has 1 aromatic carbocycles. The summed E-state index contributed by atoms with van der Waals surface area (Å²) in [4.78, 5) is 27.3. The SMILES string of the molecule is CCn1c(N)nc2cc(C(=O)N(Cc3ccc4[nH]ccc4c3)C3CC3)cnc21. The highest BCUT2D eigenvalue weighted by Gasteiger charge is 2.33. The number of hydrogen-bond donors (Lipinski definition) is 2. The maximum absolute atomic E-state index is 13.3. The van der Waals surface area contributed by atoms with Crippen molar-refractivity contribution in [1.29, 1.82) is 0 Å². The van der Waals surface area contributed by atoms with Crippen molar-refractivity contribution in [3.8, 4) is 0 Å². The molecule has 1 aliphatic carbocycles. The number of nitrogens with one attached hydrogen (secondary N) is 1. The van der Waals surface area contributed by atoms with Gasteiger partial charge < -0.3 is 15.6 Å². The van der Waals surface area contributed by atoms with Crippen LogP contribution in [0.4, 0.5) is 5.95 Å². The smallest absolute Gasteiger partial charge is 0.256 e. The number of H-pyrrole nitrogens is 1. The van der Waals surface area contributed by atoms with Gasteiger partial charge in [0.2, 0.25) is 5.95 Å². The number of anilines is 1. The third-order valence-corrected chi connectivity index (χ3v) is 5.40. The minimum atomic E-state index is -0.00399. The van der Waals surface area contributed by atoms with Crippen molar-refractivity contribution in [2.45, 2.75) is 38.9 Å². The Balaban J connectivity index is 1.46. The topological polar surface area (TPSA) is 92.8 Å². The molecule has 3 aromatic heterocycles. The number of pyridine rings is 1. The average molecular weight is 374 g/mol. The second-order valence-electron chi connectivity index (χ2n) is 7.34. The molecule has 5 rings (SSSR count). The number of carbonyl (C=O) groups is 1. The first-order valence-corrected chi connectivity index (χ1v) is 9.63. The van der Waals surface area contributed by atoms with Gasteiger partial charge in [0.25, 0.3) is 5.91 Å². The van der Waals surface area contributed by atoms with Crippen LogP contribution in [-0.4, -0.2) is 36.4 Å². The second-order valence-corrected chi connectivity index (χ2v) is 7.34. The van der Waals surface area contributed by atoms with Crippen molar-refractivity contribution < 1.29 is 4.79 Å². The number of aromatic nitrogens is 4. The molecule has 1 aliphatic rings. The van der Waals surface area contributed by atoms with Crippen LogP contribution in [0.5, 0.6) is 0 Å². The average Bonchev–Trinajstić information content (AvgIpc) is 3.34. The molecule has 0 unspecified atom stereocenters. The lowest BCUT2D eigenvalue weighted by Crippen LogP contribution is -2.32. The van der Waals surface area contributed by atoms with E-state index in [0.717, 1.165) is 29.3 Å². The number of carbonyl (C=O) groups excluding carboxylic acids is 1. The molecule has 1 fully saturated rings. The Hall–Kier alpha value is -3.35.